The van der Waals surface area contributed by atoms with Crippen LogP contribution in [0.5, 0.6) is 0 Å². The summed E-state index contributed by atoms with van der Waals surface area (Å²) in [5.74, 6) is 0.960. The third-order valence-electron chi connectivity index (χ3n) is 4.96. The molecule has 0 aromatic heterocycles. The van der Waals surface area contributed by atoms with Gasteiger partial charge in [-0.3, -0.25) is 5.41 Å². The molecule has 2 atom stereocenters. The summed E-state index contributed by atoms with van der Waals surface area (Å²) in [5.41, 5.74) is 8.53. The summed E-state index contributed by atoms with van der Waals surface area (Å²) >= 11 is 0. The van der Waals surface area contributed by atoms with Crippen molar-refractivity contribution in [2.24, 2.45) is 17.6 Å². The van der Waals surface area contributed by atoms with Crippen LogP contribution < -0.4 is 5.73 Å². The molecule has 1 aliphatic rings. The Morgan fingerprint density at radius 1 is 1.08 bits per heavy atom. The van der Waals surface area contributed by atoms with Crippen molar-refractivity contribution in [1.82, 2.24) is 4.90 Å². The highest BCUT2D eigenvalue weighted by Gasteiger charge is 2.31. The van der Waals surface area contributed by atoms with Gasteiger partial charge in [-0.05, 0) is 36.4 Å². The number of piperidine rings is 1. The quantitative estimate of drug-likeness (QED) is 0.633. The molecule has 3 heteroatoms. The molecule has 1 saturated heterocycles. The fourth-order valence-electron chi connectivity index (χ4n) is 3.57. The van der Waals surface area contributed by atoms with Gasteiger partial charge in [0, 0.05) is 25.4 Å². The van der Waals surface area contributed by atoms with Gasteiger partial charge in [0.2, 0.25) is 0 Å². The lowest BCUT2D eigenvalue weighted by Crippen LogP contribution is -2.46. The molecule has 3 nitrogen and oxygen atoms in total. The lowest BCUT2D eigenvalue weighted by molar-refractivity contribution is 0.163. The van der Waals surface area contributed by atoms with Crippen molar-refractivity contribution in [2.75, 3.05) is 19.6 Å². The number of hydrogen-bond donors (Lipinski definition) is 2. The number of benzene rings is 2. The Balaban J connectivity index is 1.58. The Bertz CT molecular complexity index is 639. The minimum Gasteiger partial charge on any atom is -0.387 e. The van der Waals surface area contributed by atoms with Gasteiger partial charge in [0.25, 0.3) is 0 Å². The van der Waals surface area contributed by atoms with Gasteiger partial charge >= 0.3 is 0 Å². The molecule has 0 spiro atoms. The number of rotatable bonds is 6. The normalized spacial score (nSPS) is 21.5. The van der Waals surface area contributed by atoms with Crippen LogP contribution in [0.4, 0.5) is 0 Å². The standard InChI is InChI=1S/C21H26N3/c22-21(23)20-16-24(13-11-17-7-3-1-4-8-17)14-12-19(20)15-18-9-5-2-6-10-18/h1-11,19-20H,12-16H2,(H3,22,23)/t19?,20-/m0/s1. The minimum atomic E-state index is 0.156. The van der Waals surface area contributed by atoms with E-state index in [4.69, 9.17) is 11.1 Å². The molecule has 1 radical (unpaired) electrons. The third kappa shape index (κ3) is 4.45. The molecular weight excluding hydrogens is 294 g/mol. The highest BCUT2D eigenvalue weighted by molar-refractivity contribution is 5.80. The van der Waals surface area contributed by atoms with Crippen LogP contribution in [0.25, 0.3) is 0 Å². The Kier molecular flexibility index (Phi) is 5.65. The van der Waals surface area contributed by atoms with E-state index >= 15 is 0 Å². The zero-order valence-electron chi connectivity index (χ0n) is 14.1. The first-order valence-electron chi connectivity index (χ1n) is 8.71. The molecule has 1 aliphatic heterocycles. The molecule has 1 unspecified atom stereocenters. The Hall–Kier alpha value is -2.13. The summed E-state index contributed by atoms with van der Waals surface area (Å²) in [7, 11) is 0. The number of nitrogens with one attached hydrogen (secondary N) is 1. The van der Waals surface area contributed by atoms with Gasteiger partial charge < -0.3 is 10.6 Å². The molecule has 24 heavy (non-hydrogen) atoms. The van der Waals surface area contributed by atoms with E-state index < -0.39 is 0 Å². The van der Waals surface area contributed by atoms with Crippen LogP contribution in [0.2, 0.25) is 0 Å². The Morgan fingerprint density at radius 2 is 1.75 bits per heavy atom. The predicted octanol–water partition coefficient (Wildman–Crippen LogP) is 3.36. The van der Waals surface area contributed by atoms with E-state index in [1.165, 1.54) is 11.1 Å². The SMILES string of the molecule is N=C(N)[C@H]1CN(C[CH]c2ccccc2)CCC1Cc1ccccc1. The van der Waals surface area contributed by atoms with E-state index in [0.29, 0.717) is 11.8 Å². The Labute approximate surface area is 145 Å². The summed E-state index contributed by atoms with van der Waals surface area (Å²) in [6.07, 6.45) is 4.37. The van der Waals surface area contributed by atoms with Crippen molar-refractivity contribution < 1.29 is 0 Å². The third-order valence-corrected chi connectivity index (χ3v) is 4.96. The van der Waals surface area contributed by atoms with Crippen LogP contribution in [-0.2, 0) is 6.42 Å². The molecule has 1 fully saturated rings. The van der Waals surface area contributed by atoms with Crippen molar-refractivity contribution in [3.63, 3.8) is 0 Å². The predicted molar refractivity (Wildman–Crippen MR) is 99.9 cm³/mol. The maximum atomic E-state index is 8.01. The van der Waals surface area contributed by atoms with E-state index in [2.05, 4.69) is 59.9 Å². The molecule has 0 aliphatic carbocycles. The molecule has 2 aromatic carbocycles. The second-order valence-corrected chi connectivity index (χ2v) is 6.67. The van der Waals surface area contributed by atoms with E-state index in [9.17, 15) is 0 Å². The van der Waals surface area contributed by atoms with Crippen molar-refractivity contribution in [3.8, 4) is 0 Å². The van der Waals surface area contributed by atoms with Gasteiger partial charge in [-0.25, -0.2) is 0 Å². The summed E-state index contributed by atoms with van der Waals surface area (Å²) in [5, 5.41) is 8.01. The number of amidine groups is 1. The Morgan fingerprint density at radius 3 is 2.42 bits per heavy atom. The topological polar surface area (TPSA) is 53.1 Å². The number of hydrogen-bond acceptors (Lipinski definition) is 2. The second-order valence-electron chi connectivity index (χ2n) is 6.67. The van der Waals surface area contributed by atoms with E-state index in [1.807, 2.05) is 12.1 Å². The fourth-order valence-corrected chi connectivity index (χ4v) is 3.57. The smallest absolute Gasteiger partial charge is 0.0952 e. The maximum Gasteiger partial charge on any atom is 0.0952 e. The molecule has 0 bridgehead atoms. The molecule has 1 heterocycles. The van der Waals surface area contributed by atoms with Gasteiger partial charge in [0.1, 0.15) is 0 Å². The van der Waals surface area contributed by atoms with Gasteiger partial charge in [-0.15, -0.1) is 0 Å². The molecular formula is C21H26N3. The molecule has 0 amide bonds. The molecule has 0 saturated carbocycles. The number of likely N-dealkylation sites (tertiary alicyclic amines) is 1. The molecule has 125 valence electrons. The average molecular weight is 320 g/mol. The molecule has 2 aromatic rings. The lowest BCUT2D eigenvalue weighted by Gasteiger charge is -2.38. The van der Waals surface area contributed by atoms with Crippen LogP contribution in [-0.4, -0.2) is 30.4 Å². The minimum absolute atomic E-state index is 0.156. The number of nitrogens with two attached hydrogens (primary N) is 1. The monoisotopic (exact) mass is 320 g/mol. The van der Waals surface area contributed by atoms with Gasteiger partial charge in [0.15, 0.2) is 0 Å². The highest BCUT2D eigenvalue weighted by Crippen LogP contribution is 2.27. The van der Waals surface area contributed by atoms with Crippen LogP contribution in [0, 0.1) is 23.7 Å². The summed E-state index contributed by atoms with van der Waals surface area (Å²) in [4.78, 5) is 2.42. The van der Waals surface area contributed by atoms with Crippen molar-refractivity contribution in [1.29, 1.82) is 5.41 Å². The first kappa shape index (κ1) is 16.7. The second kappa shape index (κ2) is 8.11. The van der Waals surface area contributed by atoms with Crippen molar-refractivity contribution >= 4 is 5.84 Å². The van der Waals surface area contributed by atoms with Crippen LogP contribution in [0.3, 0.4) is 0 Å². The van der Waals surface area contributed by atoms with Crippen LogP contribution in [0.1, 0.15) is 17.5 Å². The van der Waals surface area contributed by atoms with Crippen LogP contribution in [0.15, 0.2) is 60.7 Å². The summed E-state index contributed by atoms with van der Waals surface area (Å²) in [6, 6.07) is 21.0. The van der Waals surface area contributed by atoms with Crippen LogP contribution >= 0.6 is 0 Å². The first-order chi connectivity index (χ1) is 11.7. The molecule has 3 rings (SSSR count). The van der Waals surface area contributed by atoms with Gasteiger partial charge in [0.05, 0.1) is 5.84 Å². The fraction of sp³-hybridized carbons (Fsp3) is 0.333. The number of nitrogens with zero attached hydrogens (tertiary/aromatic N) is 1. The maximum absolute atomic E-state index is 8.01. The van der Waals surface area contributed by atoms with Gasteiger partial charge in [-0.1, -0.05) is 60.7 Å². The van der Waals surface area contributed by atoms with E-state index in [0.717, 1.165) is 32.5 Å². The van der Waals surface area contributed by atoms with Crippen molar-refractivity contribution in [2.45, 2.75) is 12.8 Å². The summed E-state index contributed by atoms with van der Waals surface area (Å²) < 4.78 is 0. The molecule has 3 N–H and O–H groups in total. The van der Waals surface area contributed by atoms with E-state index in [-0.39, 0.29) is 5.92 Å². The zero-order chi connectivity index (χ0) is 16.8. The zero-order valence-corrected chi connectivity index (χ0v) is 14.1. The average Bonchev–Trinajstić information content (AvgIpc) is 2.62. The van der Waals surface area contributed by atoms with E-state index in [1.54, 1.807) is 0 Å². The van der Waals surface area contributed by atoms with Crippen molar-refractivity contribution in [3.05, 3.63) is 78.2 Å². The first-order valence-corrected chi connectivity index (χ1v) is 8.71. The highest BCUT2D eigenvalue weighted by atomic mass is 15.1. The lowest BCUT2D eigenvalue weighted by atomic mass is 9.80. The van der Waals surface area contributed by atoms with Gasteiger partial charge in [-0.2, -0.15) is 0 Å². The largest absolute Gasteiger partial charge is 0.387 e. The summed E-state index contributed by atoms with van der Waals surface area (Å²) in [6.45, 7) is 2.88.